The van der Waals surface area contributed by atoms with Gasteiger partial charge in [0, 0.05) is 37.6 Å². The maximum Gasteiger partial charge on any atom is 0.245 e. The molecule has 3 aliphatic rings. The topological polar surface area (TPSA) is 82.7 Å². The molecular formula is C35H41ClN4O3. The van der Waals surface area contributed by atoms with Gasteiger partial charge in [0.15, 0.2) is 0 Å². The Hall–Kier alpha value is -3.39. The first kappa shape index (κ1) is 29.7. The summed E-state index contributed by atoms with van der Waals surface area (Å²) in [5.74, 6) is 1.12. The van der Waals surface area contributed by atoms with Crippen LogP contribution in [0.2, 0.25) is 5.02 Å². The maximum absolute atomic E-state index is 14.0. The standard InChI is InChI=1S/C35H41ClN4O3/c36-28-13-11-24(12-14-28)20-32(39-34(41)31-21-26-6-1-2-7-27(26)22-38-31)35(42)40-18-15-25(16-19-40)30-9-3-4-10-33(30)43-29-8-5-17-37-23-29/h1-4,6-7,9-14,25,29,31-32,37-38H,5,8,15-23H2,(H,39,41)/t29-,31+,32+/m0/s1. The van der Waals surface area contributed by atoms with Crippen molar-refractivity contribution in [2.24, 2.45) is 0 Å². The van der Waals surface area contributed by atoms with Gasteiger partial charge in [0.2, 0.25) is 11.8 Å². The molecule has 2 saturated heterocycles. The van der Waals surface area contributed by atoms with Crippen LogP contribution >= 0.6 is 11.6 Å². The SMILES string of the molecule is O=C(N[C@H](Cc1ccc(Cl)cc1)C(=O)N1CCC(c2ccccc2O[C@H]2CCCNC2)CC1)[C@H]1Cc2ccccc2CN1. The molecule has 0 spiro atoms. The average molecular weight is 601 g/mol. The van der Waals surface area contributed by atoms with Crippen LogP contribution in [0.15, 0.2) is 72.8 Å². The summed E-state index contributed by atoms with van der Waals surface area (Å²) in [7, 11) is 0. The van der Waals surface area contributed by atoms with Crippen molar-refractivity contribution >= 4 is 23.4 Å². The van der Waals surface area contributed by atoms with Crippen LogP contribution in [0.25, 0.3) is 0 Å². The van der Waals surface area contributed by atoms with E-state index in [-0.39, 0.29) is 24.0 Å². The number of fused-ring (bicyclic) bond motifs is 1. The summed E-state index contributed by atoms with van der Waals surface area (Å²) < 4.78 is 6.44. The van der Waals surface area contributed by atoms with E-state index in [0.29, 0.717) is 43.4 Å². The fourth-order valence-electron chi connectivity index (χ4n) is 6.62. The Kier molecular flexibility index (Phi) is 9.61. The molecule has 3 heterocycles. The highest BCUT2D eigenvalue weighted by Crippen LogP contribution is 2.35. The van der Waals surface area contributed by atoms with Gasteiger partial charge in [-0.05, 0) is 85.0 Å². The third kappa shape index (κ3) is 7.40. The van der Waals surface area contributed by atoms with Crippen molar-refractivity contribution in [3.63, 3.8) is 0 Å². The first-order valence-corrected chi connectivity index (χ1v) is 16.0. The van der Waals surface area contributed by atoms with Crippen molar-refractivity contribution in [2.45, 2.75) is 69.2 Å². The minimum Gasteiger partial charge on any atom is -0.489 e. The molecule has 8 heteroatoms. The zero-order valence-electron chi connectivity index (χ0n) is 24.6. The van der Waals surface area contributed by atoms with Gasteiger partial charge in [0.05, 0.1) is 6.04 Å². The molecule has 3 atom stereocenters. The number of nitrogens with one attached hydrogen (secondary N) is 3. The molecule has 0 saturated carbocycles. The average Bonchev–Trinajstić information content (AvgIpc) is 3.05. The number of benzene rings is 3. The molecule has 226 valence electrons. The molecule has 43 heavy (non-hydrogen) atoms. The van der Waals surface area contributed by atoms with Gasteiger partial charge in [-0.2, -0.15) is 0 Å². The number of nitrogens with zero attached hydrogens (tertiary/aromatic N) is 1. The maximum atomic E-state index is 14.0. The van der Waals surface area contributed by atoms with Gasteiger partial charge >= 0.3 is 0 Å². The second-order valence-corrected chi connectivity index (χ2v) is 12.5. The van der Waals surface area contributed by atoms with Crippen molar-refractivity contribution in [3.8, 4) is 5.75 Å². The van der Waals surface area contributed by atoms with E-state index in [2.05, 4.69) is 46.3 Å². The van der Waals surface area contributed by atoms with E-state index >= 15 is 0 Å². The van der Waals surface area contributed by atoms with Crippen molar-refractivity contribution < 1.29 is 14.3 Å². The van der Waals surface area contributed by atoms with Gasteiger partial charge in [0.25, 0.3) is 0 Å². The zero-order valence-corrected chi connectivity index (χ0v) is 25.3. The first-order valence-electron chi connectivity index (χ1n) is 15.6. The lowest BCUT2D eigenvalue weighted by atomic mass is 9.88. The van der Waals surface area contributed by atoms with E-state index < -0.39 is 6.04 Å². The number of piperidine rings is 2. The lowest BCUT2D eigenvalue weighted by molar-refractivity contribution is -0.137. The van der Waals surface area contributed by atoms with Gasteiger partial charge in [-0.15, -0.1) is 0 Å². The Morgan fingerprint density at radius 3 is 2.47 bits per heavy atom. The lowest BCUT2D eigenvalue weighted by Crippen LogP contribution is -2.56. The predicted molar refractivity (Wildman–Crippen MR) is 169 cm³/mol. The monoisotopic (exact) mass is 600 g/mol. The van der Waals surface area contributed by atoms with Crippen LogP contribution in [-0.4, -0.2) is 61.1 Å². The van der Waals surface area contributed by atoms with Crippen LogP contribution in [0.3, 0.4) is 0 Å². The van der Waals surface area contributed by atoms with E-state index in [1.54, 1.807) is 0 Å². The van der Waals surface area contributed by atoms with Gasteiger partial charge in [0.1, 0.15) is 17.9 Å². The summed E-state index contributed by atoms with van der Waals surface area (Å²) in [6.45, 7) is 3.86. The van der Waals surface area contributed by atoms with E-state index in [1.807, 2.05) is 47.4 Å². The van der Waals surface area contributed by atoms with Crippen LogP contribution in [0, 0.1) is 0 Å². The van der Waals surface area contributed by atoms with Crippen molar-refractivity contribution in [3.05, 3.63) is 100 Å². The Morgan fingerprint density at radius 2 is 1.70 bits per heavy atom. The molecule has 3 aliphatic heterocycles. The van der Waals surface area contributed by atoms with E-state index in [1.165, 1.54) is 16.7 Å². The summed E-state index contributed by atoms with van der Waals surface area (Å²) in [6.07, 6.45) is 5.13. The number of carbonyl (C=O) groups excluding carboxylic acids is 2. The Balaban J connectivity index is 1.12. The molecule has 3 aromatic rings. The lowest BCUT2D eigenvalue weighted by Gasteiger charge is -2.36. The zero-order chi connectivity index (χ0) is 29.6. The fourth-order valence-corrected chi connectivity index (χ4v) is 6.75. The molecule has 0 bridgehead atoms. The number of hydrogen-bond acceptors (Lipinski definition) is 5. The summed E-state index contributed by atoms with van der Waals surface area (Å²) >= 11 is 6.12. The highest BCUT2D eigenvalue weighted by molar-refractivity contribution is 6.30. The second-order valence-electron chi connectivity index (χ2n) is 12.0. The van der Waals surface area contributed by atoms with E-state index in [9.17, 15) is 9.59 Å². The van der Waals surface area contributed by atoms with E-state index in [0.717, 1.165) is 50.1 Å². The van der Waals surface area contributed by atoms with Crippen molar-refractivity contribution in [1.82, 2.24) is 20.9 Å². The molecule has 7 nitrogen and oxygen atoms in total. The third-order valence-electron chi connectivity index (χ3n) is 9.08. The number of halogens is 1. The number of rotatable bonds is 8. The van der Waals surface area contributed by atoms with Crippen LogP contribution in [0.5, 0.6) is 5.75 Å². The Bertz CT molecular complexity index is 1400. The minimum atomic E-state index is -0.654. The van der Waals surface area contributed by atoms with Crippen molar-refractivity contribution in [1.29, 1.82) is 0 Å². The number of amides is 2. The molecule has 6 rings (SSSR count). The van der Waals surface area contributed by atoms with Gasteiger partial charge in [-0.25, -0.2) is 0 Å². The van der Waals surface area contributed by atoms with E-state index in [4.69, 9.17) is 16.3 Å². The highest BCUT2D eigenvalue weighted by atomic mass is 35.5. The largest absolute Gasteiger partial charge is 0.489 e. The second kappa shape index (κ2) is 13.9. The van der Waals surface area contributed by atoms with Crippen molar-refractivity contribution in [2.75, 3.05) is 26.2 Å². The van der Waals surface area contributed by atoms with Crippen LogP contribution < -0.4 is 20.7 Å². The Labute approximate surface area is 259 Å². The summed E-state index contributed by atoms with van der Waals surface area (Å²) in [4.78, 5) is 29.4. The molecule has 2 fully saturated rings. The smallest absolute Gasteiger partial charge is 0.245 e. The molecule has 0 aliphatic carbocycles. The fraction of sp³-hybridized carbons (Fsp3) is 0.429. The highest BCUT2D eigenvalue weighted by Gasteiger charge is 2.33. The van der Waals surface area contributed by atoms with Crippen LogP contribution in [0.4, 0.5) is 0 Å². The van der Waals surface area contributed by atoms with Gasteiger partial charge in [-0.1, -0.05) is 66.2 Å². The molecule has 2 amide bonds. The number of para-hydroxylation sites is 1. The first-order chi connectivity index (χ1) is 21.0. The Morgan fingerprint density at radius 1 is 0.953 bits per heavy atom. The quantitative estimate of drug-likeness (QED) is 0.352. The third-order valence-corrected chi connectivity index (χ3v) is 9.33. The number of hydrogen-bond donors (Lipinski definition) is 3. The number of ether oxygens (including phenoxy) is 1. The molecule has 3 aromatic carbocycles. The molecule has 3 N–H and O–H groups in total. The molecule has 0 radical (unpaired) electrons. The normalized spacial score (nSPS) is 21.5. The molecule has 0 unspecified atom stereocenters. The molecular weight excluding hydrogens is 560 g/mol. The number of carbonyl (C=O) groups is 2. The van der Waals surface area contributed by atoms with Gasteiger partial charge in [-0.3, -0.25) is 9.59 Å². The summed E-state index contributed by atoms with van der Waals surface area (Å²) in [5, 5.41) is 10.6. The minimum absolute atomic E-state index is 0.0317. The van der Waals surface area contributed by atoms with Crippen LogP contribution in [0.1, 0.15) is 53.9 Å². The van der Waals surface area contributed by atoms with Crippen LogP contribution in [-0.2, 0) is 29.0 Å². The predicted octanol–water partition coefficient (Wildman–Crippen LogP) is 4.62. The molecule has 0 aromatic heterocycles. The van der Waals surface area contributed by atoms with Gasteiger partial charge < -0.3 is 25.6 Å². The summed E-state index contributed by atoms with van der Waals surface area (Å²) in [5.41, 5.74) is 4.58. The summed E-state index contributed by atoms with van der Waals surface area (Å²) in [6, 6.07) is 23.0. The number of likely N-dealkylation sites (tertiary alicyclic amines) is 1.